The fourth-order valence-electron chi connectivity index (χ4n) is 5.33. The van der Waals surface area contributed by atoms with Crippen LogP contribution < -0.4 is 0 Å². The number of carbonyl (C=O) groups is 1. The van der Waals surface area contributed by atoms with Gasteiger partial charge in [0.25, 0.3) is 0 Å². The fraction of sp³-hybridized carbons (Fsp3) is 0.870. The summed E-state index contributed by atoms with van der Waals surface area (Å²) in [6, 6.07) is 0. The molecule has 184 valence electrons. The van der Waals surface area contributed by atoms with Gasteiger partial charge in [-0.2, -0.15) is 0 Å². The Morgan fingerprint density at radius 2 is 1.28 bits per heavy atom. The van der Waals surface area contributed by atoms with Crippen molar-refractivity contribution in [2.75, 3.05) is 39.6 Å². The molecule has 4 aliphatic heterocycles. The van der Waals surface area contributed by atoms with Gasteiger partial charge >= 0.3 is 191 Å². The molecule has 32 heavy (non-hydrogen) atoms. The van der Waals surface area contributed by atoms with Crippen LogP contribution in [-0.4, -0.2) is 68.9 Å². The van der Waals surface area contributed by atoms with Crippen molar-refractivity contribution in [2.45, 2.75) is 89.7 Å². The Hall–Kier alpha value is -0.600. The summed E-state index contributed by atoms with van der Waals surface area (Å²) in [5.41, 5.74) is 0.558. The van der Waals surface area contributed by atoms with Crippen LogP contribution in [0.25, 0.3) is 0 Å². The molecule has 3 saturated heterocycles. The number of carbonyl (C=O) groups excluding carboxylic acids is 1. The van der Waals surface area contributed by atoms with Crippen LogP contribution in [0.5, 0.6) is 0 Å². The first kappa shape index (κ1) is 24.5. The second-order valence-corrected chi connectivity index (χ2v) is 13.4. The van der Waals surface area contributed by atoms with Gasteiger partial charge in [0.05, 0.1) is 0 Å². The van der Waals surface area contributed by atoms with Gasteiger partial charge < -0.3 is 0 Å². The Bertz CT molecular complexity index is 664. The van der Waals surface area contributed by atoms with E-state index in [0.717, 1.165) is 58.3 Å². The molecule has 0 aromatic carbocycles. The molecule has 0 aromatic rings. The summed E-state index contributed by atoms with van der Waals surface area (Å²) < 4.78 is 44.1. The van der Waals surface area contributed by atoms with Crippen molar-refractivity contribution in [3.8, 4) is 0 Å². The van der Waals surface area contributed by atoms with E-state index in [9.17, 15) is 4.79 Å². The van der Waals surface area contributed by atoms with Crippen molar-refractivity contribution in [3.63, 3.8) is 0 Å². The second kappa shape index (κ2) is 9.57. The van der Waals surface area contributed by atoms with E-state index in [2.05, 4.69) is 0 Å². The number of ether oxygens (including phenoxy) is 3. The summed E-state index contributed by atoms with van der Waals surface area (Å²) in [6.45, 7) is 10.3. The van der Waals surface area contributed by atoms with Gasteiger partial charge in [-0.1, -0.05) is 0 Å². The van der Waals surface area contributed by atoms with E-state index >= 15 is 0 Å². The van der Waals surface area contributed by atoms with Crippen LogP contribution in [-0.2, 0) is 37.1 Å². The molecule has 4 aliphatic rings. The standard InChI is InChI=1S/C23H39O8P/c1-17(24)22-18(2)31-32(23(22,3)4,28-14-19-8-5-11-25-19,29-15-20-9-6-12-26-20)30-16-21-10-7-13-27-21/h19-21H,5-16H2,1-4H3. The predicted octanol–water partition coefficient (Wildman–Crippen LogP) is 4.46. The predicted molar refractivity (Wildman–Crippen MR) is 120 cm³/mol. The zero-order valence-corrected chi connectivity index (χ0v) is 20.8. The summed E-state index contributed by atoms with van der Waals surface area (Å²) >= 11 is 0. The molecule has 0 radical (unpaired) electrons. The van der Waals surface area contributed by atoms with E-state index in [4.69, 9.17) is 32.3 Å². The topological polar surface area (TPSA) is 81.7 Å². The zero-order valence-electron chi connectivity index (χ0n) is 19.9. The number of Topliss-reactive ketones (excluding diaryl/α,β-unsaturated/α-hetero) is 1. The summed E-state index contributed by atoms with van der Waals surface area (Å²) in [4.78, 5) is 12.7. The van der Waals surface area contributed by atoms with Crippen molar-refractivity contribution < 1.29 is 37.1 Å². The molecule has 9 heteroatoms. The average molecular weight is 475 g/mol. The van der Waals surface area contributed by atoms with Crippen molar-refractivity contribution >= 4 is 13.3 Å². The van der Waals surface area contributed by atoms with Gasteiger partial charge in [-0.15, -0.1) is 0 Å². The molecule has 0 bridgehead atoms. The van der Waals surface area contributed by atoms with E-state index in [-0.39, 0.29) is 43.9 Å². The number of allylic oxidation sites excluding steroid dienone is 2. The molecule has 3 atom stereocenters. The Balaban J connectivity index is 1.68. The van der Waals surface area contributed by atoms with Crippen LogP contribution in [0.3, 0.4) is 0 Å². The third-order valence-corrected chi connectivity index (χ3v) is 11.5. The average Bonchev–Trinajstić information content (AvgIpc) is 3.52. The van der Waals surface area contributed by atoms with Gasteiger partial charge in [0.2, 0.25) is 0 Å². The second-order valence-electron chi connectivity index (χ2n) is 9.74. The molecule has 3 unspecified atom stereocenters. The molecular formula is C23H39O8P. The van der Waals surface area contributed by atoms with Crippen molar-refractivity contribution in [1.29, 1.82) is 0 Å². The Kier molecular flexibility index (Phi) is 7.33. The van der Waals surface area contributed by atoms with E-state index in [1.807, 2.05) is 13.8 Å². The van der Waals surface area contributed by atoms with Crippen LogP contribution in [0.15, 0.2) is 11.3 Å². The first-order valence-electron chi connectivity index (χ1n) is 12.0. The molecule has 0 saturated carbocycles. The van der Waals surface area contributed by atoms with Crippen molar-refractivity contribution in [1.82, 2.24) is 0 Å². The first-order chi connectivity index (χ1) is 15.3. The van der Waals surface area contributed by atoms with E-state index in [0.29, 0.717) is 11.3 Å². The summed E-state index contributed by atoms with van der Waals surface area (Å²) in [5, 5.41) is -0.919. The van der Waals surface area contributed by atoms with Crippen LogP contribution in [0.4, 0.5) is 0 Å². The van der Waals surface area contributed by atoms with E-state index < -0.39 is 12.7 Å². The number of rotatable bonds is 10. The van der Waals surface area contributed by atoms with Crippen LogP contribution in [0.1, 0.15) is 66.2 Å². The summed E-state index contributed by atoms with van der Waals surface area (Å²) in [7, 11) is -4.35. The number of ketones is 1. The van der Waals surface area contributed by atoms with Gasteiger partial charge in [-0.05, 0) is 0 Å². The van der Waals surface area contributed by atoms with Gasteiger partial charge in [-0.3, -0.25) is 0 Å². The normalized spacial score (nSPS) is 34.4. The third-order valence-electron chi connectivity index (χ3n) is 7.04. The van der Waals surface area contributed by atoms with E-state index in [1.165, 1.54) is 0 Å². The molecule has 0 spiro atoms. The quantitative estimate of drug-likeness (QED) is 0.430. The molecule has 4 heterocycles. The Labute approximate surface area is 191 Å². The number of hydrogen-bond acceptors (Lipinski definition) is 8. The SMILES string of the molecule is CC(=O)C1=C(C)OP(OCC2CCCO2)(OCC2CCCO2)(OCC2CCCO2)C1(C)C. The molecule has 0 amide bonds. The third kappa shape index (κ3) is 4.40. The molecule has 3 fully saturated rings. The Morgan fingerprint density at radius 3 is 1.56 bits per heavy atom. The molecule has 8 nitrogen and oxygen atoms in total. The maximum atomic E-state index is 12.7. The fourth-order valence-corrected chi connectivity index (χ4v) is 9.42. The monoisotopic (exact) mass is 474 g/mol. The Morgan fingerprint density at radius 1 is 0.875 bits per heavy atom. The van der Waals surface area contributed by atoms with Gasteiger partial charge in [0.15, 0.2) is 0 Å². The van der Waals surface area contributed by atoms with Crippen LogP contribution in [0.2, 0.25) is 0 Å². The minimum absolute atomic E-state index is 0.0484. The van der Waals surface area contributed by atoms with Gasteiger partial charge in [0, 0.05) is 0 Å². The molecule has 0 aromatic heterocycles. The minimum atomic E-state index is -4.35. The first-order valence-corrected chi connectivity index (χ1v) is 13.9. The van der Waals surface area contributed by atoms with E-state index in [1.54, 1.807) is 13.8 Å². The molecular weight excluding hydrogens is 435 g/mol. The van der Waals surface area contributed by atoms with Gasteiger partial charge in [-0.25, -0.2) is 0 Å². The molecule has 0 aliphatic carbocycles. The van der Waals surface area contributed by atoms with Gasteiger partial charge in [0.1, 0.15) is 0 Å². The zero-order chi connectivity index (χ0) is 22.8. The summed E-state index contributed by atoms with van der Waals surface area (Å²) in [6.07, 6.45) is 5.59. The molecule has 4 rings (SSSR count). The van der Waals surface area contributed by atoms with Crippen molar-refractivity contribution in [3.05, 3.63) is 11.3 Å². The van der Waals surface area contributed by atoms with Crippen molar-refractivity contribution in [2.24, 2.45) is 0 Å². The maximum absolute atomic E-state index is 12.7. The number of hydrogen-bond donors (Lipinski definition) is 0. The van der Waals surface area contributed by atoms with Crippen LogP contribution >= 0.6 is 7.51 Å². The van der Waals surface area contributed by atoms with Crippen LogP contribution in [0, 0.1) is 0 Å². The summed E-state index contributed by atoms with van der Waals surface area (Å²) in [5.74, 6) is 0.438. The molecule has 0 N–H and O–H groups in total.